The topological polar surface area (TPSA) is 45.7 Å². The summed E-state index contributed by atoms with van der Waals surface area (Å²) in [6.45, 7) is 7.07. The smallest absolute Gasteiger partial charge is 0.191 e. The van der Waals surface area contributed by atoms with E-state index in [1.165, 1.54) is 12.1 Å². The zero-order chi connectivity index (χ0) is 16.4. The lowest BCUT2D eigenvalue weighted by molar-refractivity contribution is 0.108. The normalized spacial score (nSPS) is 11.3. The van der Waals surface area contributed by atoms with Crippen LogP contribution in [-0.4, -0.2) is 32.8 Å². The number of nitrogens with one attached hydrogen (secondary N) is 2. The Kier molecular flexibility index (Phi) is 12.7. The molecular formula is C16H26BrFIN3O. The van der Waals surface area contributed by atoms with Gasteiger partial charge in [0, 0.05) is 37.8 Å². The Bertz CT molecular complexity index is 486. The minimum atomic E-state index is -0.245. The van der Waals surface area contributed by atoms with Crippen LogP contribution in [0.1, 0.15) is 25.8 Å². The van der Waals surface area contributed by atoms with Gasteiger partial charge in [0.25, 0.3) is 0 Å². The maximum atomic E-state index is 13.2. The van der Waals surface area contributed by atoms with E-state index in [0.29, 0.717) is 18.4 Å². The molecule has 1 aromatic carbocycles. The molecule has 0 aliphatic carbocycles. The third-order valence-electron chi connectivity index (χ3n) is 2.89. The van der Waals surface area contributed by atoms with E-state index in [1.54, 1.807) is 13.1 Å². The molecule has 0 saturated carbocycles. The zero-order valence-electron chi connectivity index (χ0n) is 13.9. The van der Waals surface area contributed by atoms with Crippen molar-refractivity contribution < 1.29 is 9.13 Å². The fraction of sp³-hybridized carbons (Fsp3) is 0.562. The van der Waals surface area contributed by atoms with Gasteiger partial charge in [-0.25, -0.2) is 4.39 Å². The van der Waals surface area contributed by atoms with Gasteiger partial charge in [-0.05, 0) is 36.1 Å². The van der Waals surface area contributed by atoms with Crippen LogP contribution in [0.5, 0.6) is 0 Å². The average Bonchev–Trinajstić information content (AvgIpc) is 2.48. The van der Waals surface area contributed by atoms with E-state index in [1.807, 2.05) is 0 Å². The van der Waals surface area contributed by atoms with Crippen LogP contribution in [-0.2, 0) is 11.3 Å². The molecule has 0 atom stereocenters. The molecule has 0 aliphatic heterocycles. The molecule has 1 rings (SSSR count). The van der Waals surface area contributed by atoms with Crippen LogP contribution in [0.15, 0.2) is 27.7 Å². The molecule has 7 heteroatoms. The number of hydrogen-bond donors (Lipinski definition) is 2. The van der Waals surface area contributed by atoms with E-state index < -0.39 is 0 Å². The van der Waals surface area contributed by atoms with Gasteiger partial charge in [-0.3, -0.25) is 4.99 Å². The number of ether oxygens (including phenoxy) is 1. The Hall–Kier alpha value is -0.410. The minimum Gasteiger partial charge on any atom is -0.381 e. The summed E-state index contributed by atoms with van der Waals surface area (Å²) in [7, 11) is 1.71. The monoisotopic (exact) mass is 501 g/mol. The quantitative estimate of drug-likeness (QED) is 0.245. The molecule has 0 spiro atoms. The van der Waals surface area contributed by atoms with Gasteiger partial charge in [-0.1, -0.05) is 29.8 Å². The number of nitrogens with zero attached hydrogens (tertiary/aromatic N) is 1. The highest BCUT2D eigenvalue weighted by Gasteiger charge is 2.03. The predicted octanol–water partition coefficient (Wildman–Crippen LogP) is 3.93. The largest absolute Gasteiger partial charge is 0.381 e. The van der Waals surface area contributed by atoms with Crippen molar-refractivity contribution in [3.8, 4) is 0 Å². The summed E-state index contributed by atoms with van der Waals surface area (Å²) in [5.41, 5.74) is 0.850. The van der Waals surface area contributed by atoms with Crippen LogP contribution < -0.4 is 10.6 Å². The van der Waals surface area contributed by atoms with Crippen LogP contribution in [0.2, 0.25) is 0 Å². The van der Waals surface area contributed by atoms with Crippen LogP contribution in [0, 0.1) is 11.7 Å². The third-order valence-corrected chi connectivity index (χ3v) is 3.66. The molecule has 1 aromatic rings. The predicted molar refractivity (Wildman–Crippen MR) is 108 cm³/mol. The molecule has 23 heavy (non-hydrogen) atoms. The number of hydrogen-bond acceptors (Lipinski definition) is 2. The molecule has 0 amide bonds. The van der Waals surface area contributed by atoms with Crippen LogP contribution in [0.25, 0.3) is 0 Å². The average molecular weight is 502 g/mol. The maximum Gasteiger partial charge on any atom is 0.191 e. The number of benzene rings is 1. The Morgan fingerprint density at radius 2 is 2.09 bits per heavy atom. The SMILES string of the molecule is CN=C(NCCCOCC(C)C)NCc1cc(F)ccc1Br.I. The molecule has 0 bridgehead atoms. The minimum absolute atomic E-state index is 0. The molecule has 0 fully saturated rings. The summed E-state index contributed by atoms with van der Waals surface area (Å²) >= 11 is 3.41. The summed E-state index contributed by atoms with van der Waals surface area (Å²) in [6.07, 6.45) is 0.914. The highest BCUT2D eigenvalue weighted by Crippen LogP contribution is 2.17. The first-order valence-electron chi connectivity index (χ1n) is 7.49. The Morgan fingerprint density at radius 3 is 2.74 bits per heavy atom. The number of guanidine groups is 1. The van der Waals surface area contributed by atoms with Gasteiger partial charge in [-0.15, -0.1) is 24.0 Å². The number of halogens is 3. The summed E-state index contributed by atoms with van der Waals surface area (Å²) in [4.78, 5) is 4.15. The van der Waals surface area contributed by atoms with Crippen molar-refractivity contribution in [1.82, 2.24) is 10.6 Å². The first-order chi connectivity index (χ1) is 10.5. The van der Waals surface area contributed by atoms with E-state index >= 15 is 0 Å². The molecule has 132 valence electrons. The van der Waals surface area contributed by atoms with Gasteiger partial charge in [0.2, 0.25) is 0 Å². The molecule has 0 aromatic heterocycles. The molecule has 2 N–H and O–H groups in total. The molecule has 0 unspecified atom stereocenters. The van der Waals surface area contributed by atoms with Crippen molar-refractivity contribution in [3.63, 3.8) is 0 Å². The highest BCUT2D eigenvalue weighted by molar-refractivity contribution is 14.0. The van der Waals surface area contributed by atoms with Gasteiger partial charge >= 0.3 is 0 Å². The lowest BCUT2D eigenvalue weighted by atomic mass is 10.2. The molecular weight excluding hydrogens is 476 g/mol. The van der Waals surface area contributed by atoms with Crippen LogP contribution in [0.3, 0.4) is 0 Å². The third kappa shape index (κ3) is 10.1. The second-order valence-electron chi connectivity index (χ2n) is 5.41. The van der Waals surface area contributed by atoms with Crippen molar-refractivity contribution >= 4 is 45.9 Å². The van der Waals surface area contributed by atoms with E-state index in [4.69, 9.17) is 4.74 Å². The van der Waals surface area contributed by atoms with Crippen LogP contribution >= 0.6 is 39.9 Å². The molecule has 0 radical (unpaired) electrons. The maximum absolute atomic E-state index is 13.2. The molecule has 0 aliphatic rings. The highest BCUT2D eigenvalue weighted by atomic mass is 127. The first-order valence-corrected chi connectivity index (χ1v) is 8.28. The van der Waals surface area contributed by atoms with Gasteiger partial charge < -0.3 is 15.4 Å². The van der Waals surface area contributed by atoms with Crippen LogP contribution in [0.4, 0.5) is 4.39 Å². The van der Waals surface area contributed by atoms with Crippen molar-refractivity contribution in [2.24, 2.45) is 10.9 Å². The lowest BCUT2D eigenvalue weighted by Crippen LogP contribution is -2.37. The van der Waals surface area contributed by atoms with Crippen molar-refractivity contribution in [1.29, 1.82) is 0 Å². The van der Waals surface area contributed by atoms with E-state index in [-0.39, 0.29) is 29.8 Å². The molecule has 0 saturated heterocycles. The first kappa shape index (κ1) is 22.6. The van der Waals surface area contributed by atoms with Gasteiger partial charge in [0.05, 0.1) is 0 Å². The Balaban J connectivity index is 0.00000484. The summed E-state index contributed by atoms with van der Waals surface area (Å²) in [5, 5.41) is 6.38. The second-order valence-corrected chi connectivity index (χ2v) is 6.26. The van der Waals surface area contributed by atoms with E-state index in [2.05, 4.69) is 45.4 Å². The Morgan fingerprint density at radius 1 is 1.35 bits per heavy atom. The molecule has 0 heterocycles. The molecule has 4 nitrogen and oxygen atoms in total. The number of rotatable bonds is 8. The summed E-state index contributed by atoms with van der Waals surface area (Å²) in [6, 6.07) is 4.64. The van der Waals surface area contributed by atoms with Crippen molar-refractivity contribution in [2.75, 3.05) is 26.8 Å². The van der Waals surface area contributed by atoms with Gasteiger partial charge in [-0.2, -0.15) is 0 Å². The Labute approximate surface area is 163 Å². The van der Waals surface area contributed by atoms with Gasteiger partial charge in [0.1, 0.15) is 5.82 Å². The van der Waals surface area contributed by atoms with Gasteiger partial charge in [0.15, 0.2) is 5.96 Å². The fourth-order valence-electron chi connectivity index (χ4n) is 1.78. The summed E-state index contributed by atoms with van der Waals surface area (Å²) in [5.74, 6) is 1.01. The van der Waals surface area contributed by atoms with E-state index in [0.717, 1.165) is 36.2 Å². The fourth-order valence-corrected chi connectivity index (χ4v) is 2.17. The zero-order valence-corrected chi connectivity index (χ0v) is 17.8. The summed E-state index contributed by atoms with van der Waals surface area (Å²) < 4.78 is 19.6. The van der Waals surface area contributed by atoms with Crippen molar-refractivity contribution in [2.45, 2.75) is 26.8 Å². The number of aliphatic imine (C=N–C) groups is 1. The van der Waals surface area contributed by atoms with Crippen molar-refractivity contribution in [3.05, 3.63) is 34.1 Å². The second kappa shape index (κ2) is 12.9. The standard InChI is InChI=1S/C16H25BrFN3O.HI/c1-12(2)11-22-8-4-7-20-16(19-3)21-10-13-9-14(18)5-6-15(13)17;/h5-6,9,12H,4,7-8,10-11H2,1-3H3,(H2,19,20,21);1H. The van der Waals surface area contributed by atoms with E-state index in [9.17, 15) is 4.39 Å². The lowest BCUT2D eigenvalue weighted by Gasteiger charge is -2.13.